The maximum atomic E-state index is 3.72. The van der Waals surface area contributed by atoms with Crippen molar-refractivity contribution in [2.75, 3.05) is 39.8 Å². The van der Waals surface area contributed by atoms with Gasteiger partial charge in [-0.1, -0.05) is 13.8 Å². The van der Waals surface area contributed by atoms with Crippen molar-refractivity contribution >= 4 is 0 Å². The zero-order chi connectivity index (χ0) is 13.0. The molecule has 18 heavy (non-hydrogen) atoms. The highest BCUT2D eigenvalue weighted by atomic mass is 15.2. The van der Waals surface area contributed by atoms with Crippen molar-refractivity contribution in [3.05, 3.63) is 0 Å². The quantitative estimate of drug-likeness (QED) is 0.809. The van der Waals surface area contributed by atoms with Crippen LogP contribution in [0.15, 0.2) is 0 Å². The van der Waals surface area contributed by atoms with Crippen LogP contribution >= 0.6 is 0 Å². The zero-order valence-corrected chi connectivity index (χ0v) is 12.5. The highest BCUT2D eigenvalue weighted by Crippen LogP contribution is 2.19. The fourth-order valence-electron chi connectivity index (χ4n) is 3.39. The SMILES string of the molecule is CCC1CCN(C2CCN(C)CC2)CC(C)CN1. The molecule has 2 rings (SSSR count). The summed E-state index contributed by atoms with van der Waals surface area (Å²) in [5, 5.41) is 3.72. The van der Waals surface area contributed by atoms with Gasteiger partial charge in [0.15, 0.2) is 0 Å². The number of likely N-dealkylation sites (tertiary alicyclic amines) is 1. The first-order chi connectivity index (χ1) is 8.69. The van der Waals surface area contributed by atoms with Gasteiger partial charge >= 0.3 is 0 Å². The number of nitrogens with one attached hydrogen (secondary N) is 1. The van der Waals surface area contributed by atoms with Crippen LogP contribution in [0.5, 0.6) is 0 Å². The highest BCUT2D eigenvalue weighted by Gasteiger charge is 2.26. The molecule has 0 aliphatic carbocycles. The van der Waals surface area contributed by atoms with E-state index in [0.717, 1.165) is 18.0 Å². The molecule has 0 saturated carbocycles. The lowest BCUT2D eigenvalue weighted by molar-refractivity contribution is 0.0936. The molecule has 0 spiro atoms. The Kier molecular flexibility index (Phi) is 5.46. The van der Waals surface area contributed by atoms with E-state index in [2.05, 4.69) is 36.0 Å². The lowest BCUT2D eigenvalue weighted by Gasteiger charge is -2.40. The number of rotatable bonds is 2. The third-order valence-electron chi connectivity index (χ3n) is 4.76. The van der Waals surface area contributed by atoms with Gasteiger partial charge < -0.3 is 10.2 Å². The Balaban J connectivity index is 1.89. The molecule has 2 heterocycles. The summed E-state index contributed by atoms with van der Waals surface area (Å²) in [7, 11) is 2.25. The maximum Gasteiger partial charge on any atom is 0.0120 e. The summed E-state index contributed by atoms with van der Waals surface area (Å²) >= 11 is 0. The van der Waals surface area contributed by atoms with Crippen LogP contribution in [-0.4, -0.2) is 61.7 Å². The van der Waals surface area contributed by atoms with E-state index in [-0.39, 0.29) is 0 Å². The standard InChI is InChI=1S/C15H31N3/c1-4-14-5-10-18(12-13(2)11-16-14)15-6-8-17(3)9-7-15/h13-16H,4-12H2,1-3H3. The molecular formula is C15H31N3. The summed E-state index contributed by atoms with van der Waals surface area (Å²) in [4.78, 5) is 5.27. The zero-order valence-electron chi connectivity index (χ0n) is 12.5. The van der Waals surface area contributed by atoms with Crippen molar-refractivity contribution in [3.8, 4) is 0 Å². The maximum absolute atomic E-state index is 3.72. The molecule has 0 aromatic rings. The lowest BCUT2D eigenvalue weighted by Crippen LogP contribution is -2.50. The first-order valence-electron chi connectivity index (χ1n) is 7.85. The van der Waals surface area contributed by atoms with E-state index < -0.39 is 0 Å². The van der Waals surface area contributed by atoms with E-state index in [1.54, 1.807) is 0 Å². The van der Waals surface area contributed by atoms with Crippen molar-refractivity contribution in [1.82, 2.24) is 15.1 Å². The smallest absolute Gasteiger partial charge is 0.0120 e. The largest absolute Gasteiger partial charge is 0.314 e. The van der Waals surface area contributed by atoms with Crippen LogP contribution in [0, 0.1) is 5.92 Å². The van der Waals surface area contributed by atoms with E-state index in [0.29, 0.717) is 0 Å². The van der Waals surface area contributed by atoms with Gasteiger partial charge in [0.2, 0.25) is 0 Å². The van der Waals surface area contributed by atoms with E-state index in [1.165, 1.54) is 58.4 Å². The Hall–Kier alpha value is -0.120. The summed E-state index contributed by atoms with van der Waals surface area (Å²) in [5.41, 5.74) is 0. The third-order valence-corrected chi connectivity index (χ3v) is 4.76. The number of hydrogen-bond acceptors (Lipinski definition) is 3. The van der Waals surface area contributed by atoms with Crippen molar-refractivity contribution in [2.45, 2.75) is 51.6 Å². The van der Waals surface area contributed by atoms with Gasteiger partial charge in [-0.2, -0.15) is 0 Å². The summed E-state index contributed by atoms with van der Waals surface area (Å²) in [6.07, 6.45) is 5.34. The average Bonchev–Trinajstić information content (AvgIpc) is 2.36. The molecule has 1 N–H and O–H groups in total. The molecule has 2 saturated heterocycles. The molecule has 3 nitrogen and oxygen atoms in total. The van der Waals surface area contributed by atoms with Crippen LogP contribution < -0.4 is 5.32 Å². The minimum Gasteiger partial charge on any atom is -0.314 e. The molecule has 0 aromatic carbocycles. The topological polar surface area (TPSA) is 18.5 Å². The molecule has 0 bridgehead atoms. The Bertz CT molecular complexity index is 236. The fourth-order valence-corrected chi connectivity index (χ4v) is 3.39. The van der Waals surface area contributed by atoms with Gasteiger partial charge in [-0.3, -0.25) is 4.90 Å². The lowest BCUT2D eigenvalue weighted by atomic mass is 9.98. The van der Waals surface area contributed by atoms with Gasteiger partial charge in [0.1, 0.15) is 0 Å². The Morgan fingerprint density at radius 3 is 2.50 bits per heavy atom. The molecule has 2 fully saturated rings. The van der Waals surface area contributed by atoms with Crippen molar-refractivity contribution in [2.24, 2.45) is 5.92 Å². The van der Waals surface area contributed by atoms with Crippen LogP contribution in [0.4, 0.5) is 0 Å². The predicted octanol–water partition coefficient (Wildman–Crippen LogP) is 1.79. The normalized spacial score (nSPS) is 34.2. The van der Waals surface area contributed by atoms with E-state index in [9.17, 15) is 0 Å². The van der Waals surface area contributed by atoms with E-state index >= 15 is 0 Å². The molecule has 106 valence electrons. The second-order valence-corrected chi connectivity index (χ2v) is 6.44. The fraction of sp³-hybridized carbons (Fsp3) is 1.00. The van der Waals surface area contributed by atoms with Gasteiger partial charge in [0.25, 0.3) is 0 Å². The molecule has 2 aliphatic heterocycles. The Morgan fingerprint density at radius 1 is 1.11 bits per heavy atom. The molecule has 0 radical (unpaired) electrons. The Labute approximate surface area is 113 Å². The first kappa shape index (κ1) is 14.3. The minimum absolute atomic E-state index is 0.738. The number of piperidine rings is 1. The second-order valence-electron chi connectivity index (χ2n) is 6.44. The van der Waals surface area contributed by atoms with Gasteiger partial charge in [-0.25, -0.2) is 0 Å². The Morgan fingerprint density at radius 2 is 1.83 bits per heavy atom. The number of hydrogen-bond donors (Lipinski definition) is 1. The summed E-state index contributed by atoms with van der Waals surface area (Å²) in [5.74, 6) is 0.791. The van der Waals surface area contributed by atoms with Crippen LogP contribution in [0.3, 0.4) is 0 Å². The van der Waals surface area contributed by atoms with E-state index in [1.807, 2.05) is 0 Å². The van der Waals surface area contributed by atoms with Gasteiger partial charge in [-0.05, 0) is 64.8 Å². The summed E-state index contributed by atoms with van der Waals surface area (Å²) < 4.78 is 0. The molecule has 3 heteroatoms. The molecule has 2 atom stereocenters. The molecule has 0 amide bonds. The number of nitrogens with zero attached hydrogens (tertiary/aromatic N) is 2. The third kappa shape index (κ3) is 3.94. The van der Waals surface area contributed by atoms with Gasteiger partial charge in [0.05, 0.1) is 0 Å². The van der Waals surface area contributed by atoms with E-state index in [4.69, 9.17) is 0 Å². The van der Waals surface area contributed by atoms with Crippen molar-refractivity contribution in [3.63, 3.8) is 0 Å². The summed E-state index contributed by atoms with van der Waals surface area (Å²) in [6, 6.07) is 1.58. The van der Waals surface area contributed by atoms with Crippen LogP contribution in [-0.2, 0) is 0 Å². The first-order valence-corrected chi connectivity index (χ1v) is 7.85. The van der Waals surface area contributed by atoms with Gasteiger partial charge in [-0.15, -0.1) is 0 Å². The molecule has 2 unspecified atom stereocenters. The summed E-state index contributed by atoms with van der Waals surface area (Å²) in [6.45, 7) is 11.1. The monoisotopic (exact) mass is 253 g/mol. The van der Waals surface area contributed by atoms with Crippen LogP contribution in [0.25, 0.3) is 0 Å². The van der Waals surface area contributed by atoms with Crippen LogP contribution in [0.2, 0.25) is 0 Å². The van der Waals surface area contributed by atoms with Crippen molar-refractivity contribution in [1.29, 1.82) is 0 Å². The van der Waals surface area contributed by atoms with Crippen LogP contribution in [0.1, 0.15) is 39.5 Å². The van der Waals surface area contributed by atoms with Gasteiger partial charge in [0, 0.05) is 18.6 Å². The van der Waals surface area contributed by atoms with Crippen molar-refractivity contribution < 1.29 is 0 Å². The minimum atomic E-state index is 0.738. The average molecular weight is 253 g/mol. The molecular weight excluding hydrogens is 222 g/mol. The molecule has 2 aliphatic rings. The molecule has 0 aromatic heterocycles. The second kappa shape index (κ2) is 6.88. The predicted molar refractivity (Wildman–Crippen MR) is 78.0 cm³/mol. The highest BCUT2D eigenvalue weighted by molar-refractivity contribution is 4.83.